The number of fused-ring (bicyclic) bond motifs is 1. The van der Waals surface area contributed by atoms with Crippen molar-refractivity contribution in [2.24, 2.45) is 5.92 Å². The topological polar surface area (TPSA) is 81.1 Å². The van der Waals surface area contributed by atoms with Gasteiger partial charge < -0.3 is 20.0 Å². The van der Waals surface area contributed by atoms with Crippen LogP contribution in [0.1, 0.15) is 31.7 Å². The molecule has 1 saturated heterocycles. The highest BCUT2D eigenvalue weighted by molar-refractivity contribution is 14.1. The van der Waals surface area contributed by atoms with E-state index in [9.17, 15) is 19.8 Å². The van der Waals surface area contributed by atoms with Gasteiger partial charge in [-0.2, -0.15) is 0 Å². The van der Waals surface area contributed by atoms with Crippen LogP contribution >= 0.6 is 22.6 Å². The standard InChI is InChI=1S/C22H27IN2O4/c1-3-11-25-19-10-9-16(23)13-18(19)22(29,21(25)28)15(2)6-4-8-20(27)24-12-5-7-17(24)14-26/h3-4,6,9-10,13,15,17,26,29H,1,5,7-8,11-12,14H2,2H3/b6-4+/t15-,17-,22+/m0/s1. The normalized spacial score (nSPS) is 25.0. The summed E-state index contributed by atoms with van der Waals surface area (Å²) in [6.07, 6.45) is 7.00. The molecule has 2 amide bonds. The first-order valence-electron chi connectivity index (χ1n) is 9.86. The lowest BCUT2D eigenvalue weighted by atomic mass is 9.83. The second kappa shape index (κ2) is 8.97. The predicted octanol–water partition coefficient (Wildman–Crippen LogP) is 2.58. The molecule has 0 aliphatic carbocycles. The molecule has 6 nitrogen and oxygen atoms in total. The van der Waals surface area contributed by atoms with Gasteiger partial charge in [-0.15, -0.1) is 6.58 Å². The Balaban J connectivity index is 1.79. The Kier molecular flexibility index (Phi) is 6.80. The molecule has 2 aliphatic rings. The molecule has 1 aromatic carbocycles. The Morgan fingerprint density at radius 1 is 1.48 bits per heavy atom. The zero-order valence-electron chi connectivity index (χ0n) is 16.6. The molecule has 2 aliphatic heterocycles. The number of halogens is 1. The number of carbonyl (C=O) groups is 2. The third-order valence-corrected chi connectivity index (χ3v) is 6.50. The summed E-state index contributed by atoms with van der Waals surface area (Å²) >= 11 is 2.16. The molecule has 0 aromatic heterocycles. The van der Waals surface area contributed by atoms with E-state index in [4.69, 9.17) is 0 Å². The smallest absolute Gasteiger partial charge is 0.264 e. The predicted molar refractivity (Wildman–Crippen MR) is 120 cm³/mol. The lowest BCUT2D eigenvalue weighted by Gasteiger charge is -2.27. The van der Waals surface area contributed by atoms with E-state index >= 15 is 0 Å². The zero-order valence-corrected chi connectivity index (χ0v) is 18.7. The van der Waals surface area contributed by atoms with Gasteiger partial charge in [-0.25, -0.2) is 0 Å². The Labute approximate surface area is 185 Å². The lowest BCUT2D eigenvalue weighted by Crippen LogP contribution is -2.44. The van der Waals surface area contributed by atoms with Crippen LogP contribution in [-0.4, -0.2) is 52.7 Å². The molecule has 29 heavy (non-hydrogen) atoms. The van der Waals surface area contributed by atoms with Crippen LogP contribution in [0.2, 0.25) is 0 Å². The molecule has 0 radical (unpaired) electrons. The molecule has 1 aromatic rings. The fourth-order valence-electron chi connectivity index (χ4n) is 4.21. The van der Waals surface area contributed by atoms with Crippen LogP contribution in [0.4, 0.5) is 5.69 Å². The first kappa shape index (κ1) is 22.0. The summed E-state index contributed by atoms with van der Waals surface area (Å²) in [5, 5.41) is 20.8. The molecule has 7 heteroatoms. The largest absolute Gasteiger partial charge is 0.394 e. The molecule has 2 N–H and O–H groups in total. The van der Waals surface area contributed by atoms with Crippen LogP contribution in [0.25, 0.3) is 0 Å². The molecule has 2 heterocycles. The maximum atomic E-state index is 13.1. The summed E-state index contributed by atoms with van der Waals surface area (Å²) in [5.41, 5.74) is -0.406. The van der Waals surface area contributed by atoms with E-state index in [1.54, 1.807) is 35.0 Å². The summed E-state index contributed by atoms with van der Waals surface area (Å²) in [4.78, 5) is 28.8. The number of likely N-dealkylation sites (tertiary alicyclic amines) is 1. The molecular weight excluding hydrogens is 483 g/mol. The SMILES string of the molecule is C=CCN1C(=O)[C@@](O)([C@@H](C)/C=C/CC(=O)N2CCC[C@H]2CO)c2cc(I)ccc21. The van der Waals surface area contributed by atoms with E-state index in [1.165, 1.54) is 0 Å². The summed E-state index contributed by atoms with van der Waals surface area (Å²) in [6, 6.07) is 5.48. The van der Waals surface area contributed by atoms with Gasteiger partial charge in [0.05, 0.1) is 18.3 Å². The Bertz CT molecular complexity index is 840. The number of hydrogen-bond donors (Lipinski definition) is 2. The molecule has 0 saturated carbocycles. The van der Waals surface area contributed by atoms with Gasteiger partial charge in [0.15, 0.2) is 5.60 Å². The van der Waals surface area contributed by atoms with Gasteiger partial charge in [0.1, 0.15) is 0 Å². The molecule has 0 spiro atoms. The average Bonchev–Trinajstić information content (AvgIpc) is 3.26. The van der Waals surface area contributed by atoms with Crippen molar-refractivity contribution >= 4 is 40.1 Å². The van der Waals surface area contributed by atoms with Gasteiger partial charge in [0, 0.05) is 34.6 Å². The molecular formula is C22H27IN2O4. The Morgan fingerprint density at radius 2 is 2.24 bits per heavy atom. The monoisotopic (exact) mass is 510 g/mol. The molecule has 3 atom stereocenters. The van der Waals surface area contributed by atoms with Crippen molar-refractivity contribution < 1.29 is 19.8 Å². The molecule has 0 unspecified atom stereocenters. The molecule has 156 valence electrons. The van der Waals surface area contributed by atoms with Crippen molar-refractivity contribution in [3.8, 4) is 0 Å². The second-order valence-corrected chi connectivity index (χ2v) is 8.86. The minimum Gasteiger partial charge on any atom is -0.394 e. The molecule has 0 bridgehead atoms. The van der Waals surface area contributed by atoms with Crippen molar-refractivity contribution in [3.05, 3.63) is 52.1 Å². The van der Waals surface area contributed by atoms with Crippen LogP contribution in [-0.2, 0) is 15.2 Å². The molecule has 3 rings (SSSR count). The minimum atomic E-state index is -1.68. The van der Waals surface area contributed by atoms with Gasteiger partial charge in [0.25, 0.3) is 5.91 Å². The van der Waals surface area contributed by atoms with Gasteiger partial charge in [0.2, 0.25) is 5.91 Å². The molecule has 1 fully saturated rings. The van der Waals surface area contributed by atoms with Gasteiger partial charge in [-0.05, 0) is 53.6 Å². The third kappa shape index (κ3) is 4.00. The highest BCUT2D eigenvalue weighted by Gasteiger charge is 2.52. The number of rotatable bonds is 7. The van der Waals surface area contributed by atoms with E-state index in [-0.39, 0.29) is 30.9 Å². The number of nitrogens with zero attached hydrogens (tertiary/aromatic N) is 2. The Hall–Kier alpha value is -1.71. The van der Waals surface area contributed by atoms with E-state index in [1.807, 2.05) is 18.2 Å². The average molecular weight is 510 g/mol. The third-order valence-electron chi connectivity index (χ3n) is 5.83. The van der Waals surface area contributed by atoms with Crippen LogP contribution < -0.4 is 4.90 Å². The zero-order chi connectivity index (χ0) is 21.2. The number of aliphatic hydroxyl groups excluding tert-OH is 1. The highest BCUT2D eigenvalue weighted by atomic mass is 127. The maximum Gasteiger partial charge on any atom is 0.264 e. The minimum absolute atomic E-state index is 0.0192. The van der Waals surface area contributed by atoms with Crippen molar-refractivity contribution in [3.63, 3.8) is 0 Å². The number of benzene rings is 1. The van der Waals surface area contributed by atoms with Gasteiger partial charge >= 0.3 is 0 Å². The van der Waals surface area contributed by atoms with Crippen LogP contribution in [0.15, 0.2) is 43.0 Å². The van der Waals surface area contributed by atoms with Crippen LogP contribution in [0.3, 0.4) is 0 Å². The summed E-state index contributed by atoms with van der Waals surface area (Å²) in [6.45, 7) is 6.46. The van der Waals surface area contributed by atoms with Crippen molar-refractivity contribution in [1.29, 1.82) is 0 Å². The fraction of sp³-hybridized carbons (Fsp3) is 0.455. The highest BCUT2D eigenvalue weighted by Crippen LogP contribution is 2.45. The van der Waals surface area contributed by atoms with Crippen molar-refractivity contribution in [2.45, 2.75) is 37.8 Å². The first-order chi connectivity index (χ1) is 13.8. The number of hydrogen-bond acceptors (Lipinski definition) is 4. The lowest BCUT2D eigenvalue weighted by molar-refractivity contribution is -0.139. The van der Waals surface area contributed by atoms with E-state index < -0.39 is 11.5 Å². The maximum absolute atomic E-state index is 13.1. The van der Waals surface area contributed by atoms with E-state index in [0.29, 0.717) is 24.3 Å². The summed E-state index contributed by atoms with van der Waals surface area (Å²) in [7, 11) is 0. The number of amides is 2. The first-order valence-corrected chi connectivity index (χ1v) is 10.9. The summed E-state index contributed by atoms with van der Waals surface area (Å²) < 4.78 is 0.934. The second-order valence-electron chi connectivity index (χ2n) is 7.62. The van der Waals surface area contributed by atoms with Crippen LogP contribution in [0.5, 0.6) is 0 Å². The van der Waals surface area contributed by atoms with Gasteiger partial charge in [-0.1, -0.05) is 25.2 Å². The van der Waals surface area contributed by atoms with Crippen molar-refractivity contribution in [2.75, 3.05) is 24.6 Å². The van der Waals surface area contributed by atoms with Crippen molar-refractivity contribution in [1.82, 2.24) is 4.90 Å². The van der Waals surface area contributed by atoms with E-state index in [2.05, 4.69) is 29.2 Å². The van der Waals surface area contributed by atoms with Crippen LogP contribution in [0, 0.1) is 9.49 Å². The quantitative estimate of drug-likeness (QED) is 0.437. The summed E-state index contributed by atoms with van der Waals surface area (Å²) in [5.74, 6) is -0.933. The number of anilines is 1. The van der Waals surface area contributed by atoms with Gasteiger partial charge in [-0.3, -0.25) is 9.59 Å². The number of carbonyl (C=O) groups excluding carboxylic acids is 2. The fourth-order valence-corrected chi connectivity index (χ4v) is 4.70. The van der Waals surface area contributed by atoms with E-state index in [0.717, 1.165) is 16.4 Å². The Morgan fingerprint density at radius 3 is 2.93 bits per heavy atom. The number of aliphatic hydroxyl groups is 2.